The van der Waals surface area contributed by atoms with Crippen molar-refractivity contribution in [1.82, 2.24) is 9.58 Å². The van der Waals surface area contributed by atoms with Crippen LogP contribution in [0.5, 0.6) is 5.75 Å². The number of alkyl halides is 1. The molecule has 0 aliphatic carbocycles. The molecule has 0 fully saturated rings. The number of rotatable bonds is 11. The van der Waals surface area contributed by atoms with E-state index in [1.165, 1.54) is 32.1 Å². The maximum atomic E-state index is 6.09. The highest BCUT2D eigenvalue weighted by Crippen LogP contribution is 2.41. The van der Waals surface area contributed by atoms with Gasteiger partial charge in [0.15, 0.2) is 0 Å². The lowest BCUT2D eigenvalue weighted by Gasteiger charge is -2.31. The number of amidine groups is 1. The van der Waals surface area contributed by atoms with Gasteiger partial charge in [-0.15, -0.1) is 23.4 Å². The zero-order chi connectivity index (χ0) is 29.5. The number of aromatic nitrogens is 1. The van der Waals surface area contributed by atoms with E-state index in [0.29, 0.717) is 17.0 Å². The standard InChI is InChI=1S/C26H40ClN5OS.2C2H6/c1-8-19(11-9-10-14-27)17-32-22-13-12-20(33-7)15-21(22)24(34-18(2)3)23(32)16-26(4,5)25(30-28)31(6)29;2*1-2/h8-9,11-13,15,18H,10,14,16-17,28-29H2,1-7H3;2*1-2H3/b11-9-,19-8+,30-25-;;. The molecular weight excluding hydrogens is 514 g/mol. The number of nitrogens with zero attached hydrogens (tertiary/aromatic N) is 3. The molecule has 2 rings (SSSR count). The van der Waals surface area contributed by atoms with Crippen LogP contribution in [-0.2, 0) is 13.0 Å². The van der Waals surface area contributed by atoms with E-state index in [0.717, 1.165) is 25.1 Å². The summed E-state index contributed by atoms with van der Waals surface area (Å²) in [6.07, 6.45) is 8.02. The predicted molar refractivity (Wildman–Crippen MR) is 171 cm³/mol. The molecular formula is C30H52ClN5OS. The normalized spacial score (nSPS) is 12.4. The first-order valence-electron chi connectivity index (χ1n) is 13.6. The third-order valence-electron chi connectivity index (χ3n) is 5.67. The van der Waals surface area contributed by atoms with Gasteiger partial charge in [-0.1, -0.05) is 73.6 Å². The highest BCUT2D eigenvalue weighted by Gasteiger charge is 2.32. The topological polar surface area (TPSA) is 81.8 Å². The lowest BCUT2D eigenvalue weighted by Crippen LogP contribution is -2.44. The summed E-state index contributed by atoms with van der Waals surface area (Å²) in [7, 11) is 3.48. The van der Waals surface area contributed by atoms with E-state index in [4.69, 9.17) is 28.0 Å². The highest BCUT2D eigenvalue weighted by atomic mass is 35.5. The molecule has 0 saturated carbocycles. The van der Waals surface area contributed by atoms with Crippen molar-refractivity contribution >= 4 is 40.1 Å². The lowest BCUT2D eigenvalue weighted by atomic mass is 9.85. The van der Waals surface area contributed by atoms with Gasteiger partial charge in [-0.3, -0.25) is 5.01 Å². The van der Waals surface area contributed by atoms with Crippen molar-refractivity contribution in [3.05, 3.63) is 47.7 Å². The van der Waals surface area contributed by atoms with Crippen LogP contribution in [-0.4, -0.2) is 40.7 Å². The largest absolute Gasteiger partial charge is 0.497 e. The Hall–Kier alpha value is -2.09. The fraction of sp³-hybridized carbons (Fsp3) is 0.567. The van der Waals surface area contributed by atoms with E-state index < -0.39 is 0 Å². The van der Waals surface area contributed by atoms with Gasteiger partial charge in [0.1, 0.15) is 11.6 Å². The first-order chi connectivity index (χ1) is 18.1. The summed E-state index contributed by atoms with van der Waals surface area (Å²) in [6, 6.07) is 6.31. The Labute approximate surface area is 241 Å². The van der Waals surface area contributed by atoms with Gasteiger partial charge in [-0.05, 0) is 37.1 Å². The average molecular weight is 566 g/mol. The minimum atomic E-state index is -0.384. The van der Waals surface area contributed by atoms with Crippen LogP contribution >= 0.6 is 23.4 Å². The quantitative estimate of drug-likeness (QED) is 0.0549. The van der Waals surface area contributed by atoms with Crippen molar-refractivity contribution in [2.75, 3.05) is 20.0 Å². The van der Waals surface area contributed by atoms with Crippen molar-refractivity contribution in [3.63, 3.8) is 0 Å². The molecule has 1 aromatic heterocycles. The van der Waals surface area contributed by atoms with Crippen LogP contribution < -0.4 is 16.4 Å². The number of halogens is 1. The summed E-state index contributed by atoms with van der Waals surface area (Å²) in [5.74, 6) is 14.0. The predicted octanol–water partition coefficient (Wildman–Crippen LogP) is 7.98. The molecule has 0 saturated heterocycles. The van der Waals surface area contributed by atoms with Crippen molar-refractivity contribution in [3.8, 4) is 5.75 Å². The van der Waals surface area contributed by atoms with Crippen LogP contribution in [0, 0.1) is 5.41 Å². The fourth-order valence-electron chi connectivity index (χ4n) is 4.17. The summed E-state index contributed by atoms with van der Waals surface area (Å²) in [5.41, 5.74) is 3.25. The summed E-state index contributed by atoms with van der Waals surface area (Å²) >= 11 is 7.76. The minimum Gasteiger partial charge on any atom is -0.497 e. The van der Waals surface area contributed by atoms with E-state index in [-0.39, 0.29) is 5.41 Å². The smallest absolute Gasteiger partial charge is 0.144 e. The number of ether oxygens (including phenoxy) is 1. The third-order valence-corrected chi connectivity index (χ3v) is 7.05. The summed E-state index contributed by atoms with van der Waals surface area (Å²) in [6.45, 7) is 19.5. The number of hydrogen-bond acceptors (Lipinski definition) is 5. The Bertz CT molecular complexity index is 1050. The number of allylic oxidation sites excluding steroid dienone is 4. The van der Waals surface area contributed by atoms with Gasteiger partial charge < -0.3 is 15.1 Å². The highest BCUT2D eigenvalue weighted by molar-refractivity contribution is 8.00. The molecule has 0 aliphatic heterocycles. The van der Waals surface area contributed by atoms with E-state index >= 15 is 0 Å². The number of hydrogen-bond donors (Lipinski definition) is 2. The number of hydrazine groups is 1. The number of methoxy groups -OCH3 is 1. The molecule has 0 amide bonds. The Kier molecular flexibility index (Phi) is 17.2. The van der Waals surface area contributed by atoms with Crippen molar-refractivity contribution < 1.29 is 4.74 Å². The van der Waals surface area contributed by atoms with Crippen LogP contribution in [0.3, 0.4) is 0 Å². The second-order valence-electron chi connectivity index (χ2n) is 9.28. The summed E-state index contributed by atoms with van der Waals surface area (Å²) < 4.78 is 7.98. The summed E-state index contributed by atoms with van der Waals surface area (Å²) in [4.78, 5) is 1.26. The van der Waals surface area contributed by atoms with Crippen LogP contribution in [0.1, 0.15) is 74.4 Å². The van der Waals surface area contributed by atoms with Crippen LogP contribution in [0.15, 0.2) is 52.0 Å². The number of fused-ring (bicyclic) bond motifs is 1. The monoisotopic (exact) mass is 565 g/mol. The molecule has 0 bridgehead atoms. The van der Waals surface area contributed by atoms with Gasteiger partial charge in [0.25, 0.3) is 0 Å². The Morgan fingerprint density at radius 3 is 2.34 bits per heavy atom. The maximum absolute atomic E-state index is 6.09. The molecule has 38 heavy (non-hydrogen) atoms. The van der Waals surface area contributed by atoms with Gasteiger partial charge in [0.05, 0.1) is 7.11 Å². The Balaban J connectivity index is 0.00000326. The lowest BCUT2D eigenvalue weighted by molar-refractivity contribution is 0.403. The maximum Gasteiger partial charge on any atom is 0.144 e. The number of thioether (sulfide) groups is 1. The van der Waals surface area contributed by atoms with Crippen molar-refractivity contribution in [2.45, 2.75) is 91.8 Å². The van der Waals surface area contributed by atoms with E-state index in [1.807, 2.05) is 45.5 Å². The molecule has 8 heteroatoms. The molecule has 0 atom stereocenters. The van der Waals surface area contributed by atoms with Crippen LogP contribution in [0.4, 0.5) is 0 Å². The van der Waals surface area contributed by atoms with Gasteiger partial charge in [0.2, 0.25) is 0 Å². The number of hydrazone groups is 1. The zero-order valence-corrected chi connectivity index (χ0v) is 27.1. The first kappa shape index (κ1) is 35.9. The van der Waals surface area contributed by atoms with Crippen molar-refractivity contribution in [1.29, 1.82) is 0 Å². The molecule has 0 radical (unpaired) electrons. The molecule has 0 aliphatic rings. The second kappa shape index (κ2) is 18.2. The third kappa shape index (κ3) is 9.90. The first-order valence-corrected chi connectivity index (χ1v) is 15.0. The Morgan fingerprint density at radius 1 is 1.24 bits per heavy atom. The number of benzene rings is 1. The molecule has 6 nitrogen and oxygen atoms in total. The van der Waals surface area contributed by atoms with Crippen molar-refractivity contribution in [2.24, 2.45) is 22.2 Å². The van der Waals surface area contributed by atoms with Gasteiger partial charge >= 0.3 is 0 Å². The fourth-order valence-corrected chi connectivity index (χ4v) is 5.37. The van der Waals surface area contributed by atoms with E-state index in [2.05, 4.69) is 74.6 Å². The molecule has 0 unspecified atom stereocenters. The van der Waals surface area contributed by atoms with Gasteiger partial charge in [-0.2, -0.15) is 5.10 Å². The summed E-state index contributed by atoms with van der Waals surface area (Å²) in [5, 5.41) is 7.15. The second-order valence-corrected chi connectivity index (χ2v) is 11.2. The molecule has 1 aromatic carbocycles. The molecule has 2 aromatic rings. The molecule has 1 heterocycles. The van der Waals surface area contributed by atoms with Crippen LogP contribution in [0.2, 0.25) is 0 Å². The van der Waals surface area contributed by atoms with Gasteiger partial charge in [0, 0.05) is 58.1 Å². The van der Waals surface area contributed by atoms with E-state index in [9.17, 15) is 0 Å². The van der Waals surface area contributed by atoms with E-state index in [1.54, 1.807) is 14.2 Å². The molecule has 216 valence electrons. The number of nitrogens with two attached hydrogens (primary N) is 2. The molecule has 4 N–H and O–H groups in total. The van der Waals surface area contributed by atoms with Crippen LogP contribution in [0.25, 0.3) is 10.9 Å². The SMILES string of the molecule is C/C=C(\C=C/CCCl)Cn1c(CC(C)(C)/C(=N/N)N(C)N)c(SC(C)C)c2cc(OC)ccc21.CC.CC. The van der Waals surface area contributed by atoms with Gasteiger partial charge in [-0.25, -0.2) is 5.84 Å². The Morgan fingerprint density at radius 2 is 1.87 bits per heavy atom. The molecule has 0 spiro atoms. The minimum absolute atomic E-state index is 0.384. The zero-order valence-electron chi connectivity index (χ0n) is 25.6. The average Bonchev–Trinajstić information content (AvgIpc) is 3.15.